The Morgan fingerprint density at radius 3 is 2.65 bits per heavy atom. The number of non-ortho nitro benzene ring substituents is 1. The van der Waals surface area contributed by atoms with Crippen molar-refractivity contribution in [3.05, 3.63) is 91.9 Å². The fourth-order valence-corrected chi connectivity index (χ4v) is 3.97. The highest BCUT2D eigenvalue weighted by Crippen LogP contribution is 2.35. The van der Waals surface area contributed by atoms with Crippen LogP contribution in [0, 0.1) is 21.4 Å². The first-order chi connectivity index (χ1) is 15.0. The Kier molecular flexibility index (Phi) is 5.54. The molecule has 0 saturated heterocycles. The molecule has 0 aliphatic rings. The van der Waals surface area contributed by atoms with E-state index in [-0.39, 0.29) is 27.8 Å². The van der Waals surface area contributed by atoms with E-state index in [1.165, 1.54) is 35.6 Å². The molecule has 0 radical (unpaired) electrons. The zero-order valence-electron chi connectivity index (χ0n) is 15.7. The molecule has 152 valence electrons. The molecule has 2 aromatic heterocycles. The summed E-state index contributed by atoms with van der Waals surface area (Å²) in [6.07, 6.45) is 0. The maximum Gasteiger partial charge on any atom is 0.270 e. The third-order valence-electron chi connectivity index (χ3n) is 4.40. The number of hydrogen-bond acceptors (Lipinski definition) is 7. The van der Waals surface area contributed by atoms with Gasteiger partial charge in [-0.15, -0.1) is 11.3 Å². The summed E-state index contributed by atoms with van der Waals surface area (Å²) in [5.74, 6) is -0.0129. The average Bonchev–Trinajstić information content (AvgIpc) is 3.45. The maximum atomic E-state index is 10.9. The predicted octanol–water partition coefficient (Wildman–Crippen LogP) is 6.58. The molecule has 0 aliphatic carbocycles. The summed E-state index contributed by atoms with van der Waals surface area (Å²) >= 11 is 7.38. The van der Waals surface area contributed by atoms with Gasteiger partial charge >= 0.3 is 0 Å². The molecular weight excluding hydrogens is 438 g/mol. The lowest BCUT2D eigenvalue weighted by molar-refractivity contribution is -0.384. The number of aliphatic hydroxyl groups excluding tert-OH is 1. The van der Waals surface area contributed by atoms with Crippen LogP contribution in [0.2, 0.25) is 5.02 Å². The smallest absolute Gasteiger partial charge is 0.270 e. The van der Waals surface area contributed by atoms with Crippen molar-refractivity contribution < 1.29 is 14.4 Å². The lowest BCUT2D eigenvalue weighted by atomic mass is 10.1. The molecule has 2 heterocycles. The summed E-state index contributed by atoms with van der Waals surface area (Å²) in [7, 11) is 0. The maximum absolute atomic E-state index is 10.9. The zero-order valence-corrected chi connectivity index (χ0v) is 17.2. The van der Waals surface area contributed by atoms with Gasteiger partial charge in [-0.05, 0) is 18.2 Å². The molecule has 0 bridgehead atoms. The van der Waals surface area contributed by atoms with Crippen LogP contribution in [0.15, 0.2) is 70.5 Å². The summed E-state index contributed by atoms with van der Waals surface area (Å²) in [4.78, 5) is 14.8. The van der Waals surface area contributed by atoms with E-state index >= 15 is 0 Å². The second-order valence-corrected chi connectivity index (χ2v) is 7.59. The van der Waals surface area contributed by atoms with E-state index in [4.69, 9.17) is 16.0 Å². The van der Waals surface area contributed by atoms with Crippen molar-refractivity contribution in [1.29, 1.82) is 5.26 Å². The highest BCUT2D eigenvalue weighted by molar-refractivity contribution is 7.11. The Morgan fingerprint density at radius 1 is 1.19 bits per heavy atom. The normalized spacial score (nSPS) is 11.6. The molecule has 0 saturated carbocycles. The minimum absolute atomic E-state index is 0.0251. The Labute approximate surface area is 185 Å². The van der Waals surface area contributed by atoms with Crippen molar-refractivity contribution in [2.24, 2.45) is 0 Å². The molecular formula is C22H12ClN3O4S. The number of benzene rings is 2. The van der Waals surface area contributed by atoms with E-state index < -0.39 is 4.92 Å². The SMILES string of the molecule is N#C/C(=C(/O)c1ccc(-c2ccc([N+](=O)[O-])cc2Cl)o1)c1nc(-c2ccccc2)cs1. The van der Waals surface area contributed by atoms with Gasteiger partial charge < -0.3 is 9.52 Å². The largest absolute Gasteiger partial charge is 0.503 e. The van der Waals surface area contributed by atoms with Crippen LogP contribution in [0.25, 0.3) is 33.9 Å². The molecule has 0 atom stereocenters. The molecule has 0 aliphatic heterocycles. The van der Waals surface area contributed by atoms with E-state index in [0.717, 1.165) is 5.56 Å². The number of hydrogen-bond donors (Lipinski definition) is 1. The van der Waals surface area contributed by atoms with Gasteiger partial charge in [0.15, 0.2) is 11.5 Å². The van der Waals surface area contributed by atoms with Gasteiger partial charge in [0.25, 0.3) is 5.69 Å². The summed E-state index contributed by atoms with van der Waals surface area (Å²) in [6, 6.07) is 18.5. The summed E-state index contributed by atoms with van der Waals surface area (Å²) < 4.78 is 5.67. The Balaban J connectivity index is 1.68. The molecule has 9 heteroatoms. The first kappa shape index (κ1) is 20.3. The number of aliphatic hydroxyl groups is 1. The van der Waals surface area contributed by atoms with Crippen molar-refractivity contribution in [2.45, 2.75) is 0 Å². The van der Waals surface area contributed by atoms with Crippen molar-refractivity contribution in [3.63, 3.8) is 0 Å². The quantitative estimate of drug-likeness (QED) is 0.159. The number of allylic oxidation sites excluding steroid dienone is 1. The fourth-order valence-electron chi connectivity index (χ4n) is 2.88. The molecule has 4 rings (SSSR count). The molecule has 2 aromatic carbocycles. The van der Waals surface area contributed by atoms with Gasteiger partial charge in [0.2, 0.25) is 0 Å². The molecule has 7 nitrogen and oxygen atoms in total. The summed E-state index contributed by atoms with van der Waals surface area (Å²) in [5, 5.41) is 33.4. The number of nitro groups is 1. The molecule has 0 fully saturated rings. The van der Waals surface area contributed by atoms with Gasteiger partial charge in [0, 0.05) is 28.6 Å². The van der Waals surface area contributed by atoms with Gasteiger partial charge in [-0.2, -0.15) is 5.26 Å². The number of aromatic nitrogens is 1. The zero-order chi connectivity index (χ0) is 22.0. The third-order valence-corrected chi connectivity index (χ3v) is 5.58. The van der Waals surface area contributed by atoms with E-state index in [9.17, 15) is 20.5 Å². The number of furan rings is 1. The Morgan fingerprint density at radius 2 is 1.97 bits per heavy atom. The topological polar surface area (TPSA) is 113 Å². The minimum atomic E-state index is -0.547. The van der Waals surface area contributed by atoms with Crippen molar-refractivity contribution in [1.82, 2.24) is 4.98 Å². The van der Waals surface area contributed by atoms with Gasteiger partial charge in [-0.1, -0.05) is 41.9 Å². The lowest BCUT2D eigenvalue weighted by Crippen LogP contribution is -1.89. The van der Waals surface area contributed by atoms with Gasteiger partial charge in [0.05, 0.1) is 15.6 Å². The van der Waals surface area contributed by atoms with Crippen LogP contribution in [0.1, 0.15) is 10.8 Å². The highest BCUT2D eigenvalue weighted by Gasteiger charge is 2.19. The van der Waals surface area contributed by atoms with Crippen molar-refractivity contribution in [3.8, 4) is 28.7 Å². The van der Waals surface area contributed by atoms with Crippen molar-refractivity contribution >= 4 is 40.0 Å². The summed E-state index contributed by atoms with van der Waals surface area (Å²) in [5.41, 5.74) is 1.84. The van der Waals surface area contributed by atoms with Crippen LogP contribution >= 0.6 is 22.9 Å². The molecule has 0 spiro atoms. The molecule has 0 unspecified atom stereocenters. The van der Waals surface area contributed by atoms with E-state index in [0.29, 0.717) is 22.0 Å². The Hall–Kier alpha value is -3.93. The number of thiazole rings is 1. The van der Waals surface area contributed by atoms with Crippen LogP contribution in [-0.4, -0.2) is 15.0 Å². The van der Waals surface area contributed by atoms with Crippen LogP contribution in [-0.2, 0) is 0 Å². The van der Waals surface area contributed by atoms with Crippen LogP contribution in [0.3, 0.4) is 0 Å². The number of nitro benzene ring substituents is 1. The van der Waals surface area contributed by atoms with Crippen molar-refractivity contribution in [2.75, 3.05) is 0 Å². The van der Waals surface area contributed by atoms with Crippen LogP contribution in [0.4, 0.5) is 5.69 Å². The highest BCUT2D eigenvalue weighted by atomic mass is 35.5. The van der Waals surface area contributed by atoms with E-state index in [1.54, 1.807) is 11.4 Å². The van der Waals surface area contributed by atoms with E-state index in [1.807, 2.05) is 36.4 Å². The Bertz CT molecular complexity index is 1350. The van der Waals surface area contributed by atoms with Gasteiger partial charge in [-0.3, -0.25) is 10.1 Å². The second-order valence-electron chi connectivity index (χ2n) is 6.32. The number of nitrogens with zero attached hydrogens (tertiary/aromatic N) is 3. The summed E-state index contributed by atoms with van der Waals surface area (Å²) in [6.45, 7) is 0. The molecule has 1 N–H and O–H groups in total. The second kappa shape index (κ2) is 8.44. The third kappa shape index (κ3) is 4.05. The molecule has 0 amide bonds. The number of nitriles is 1. The fraction of sp³-hybridized carbons (Fsp3) is 0. The standard InChI is InChI=1S/C22H12ClN3O4S/c23-17-10-14(26(28)29)6-7-15(17)19-8-9-20(30-19)21(27)16(11-24)22-25-18(12-31-22)13-4-2-1-3-5-13/h1-10,12,27H/b21-16-. The average molecular weight is 450 g/mol. The molecule has 4 aromatic rings. The van der Waals surface area contributed by atoms with Gasteiger partial charge in [0.1, 0.15) is 22.4 Å². The first-order valence-corrected chi connectivity index (χ1v) is 10.1. The van der Waals surface area contributed by atoms with Crippen LogP contribution in [0.5, 0.6) is 0 Å². The molecule has 31 heavy (non-hydrogen) atoms. The minimum Gasteiger partial charge on any atom is -0.503 e. The van der Waals surface area contributed by atoms with Gasteiger partial charge in [-0.25, -0.2) is 4.98 Å². The lowest BCUT2D eigenvalue weighted by Gasteiger charge is -2.02. The van der Waals surface area contributed by atoms with E-state index in [2.05, 4.69) is 4.98 Å². The first-order valence-electron chi connectivity index (χ1n) is 8.87. The number of rotatable bonds is 5. The monoisotopic (exact) mass is 449 g/mol. The number of halogens is 1. The van der Waals surface area contributed by atoms with Crippen LogP contribution < -0.4 is 0 Å². The predicted molar refractivity (Wildman–Crippen MR) is 118 cm³/mol.